The van der Waals surface area contributed by atoms with Gasteiger partial charge in [0.15, 0.2) is 0 Å². The van der Waals surface area contributed by atoms with Crippen LogP contribution in [0.1, 0.15) is 100 Å². The van der Waals surface area contributed by atoms with Crippen LogP contribution < -0.4 is 0 Å². The fraction of sp³-hybridized carbons (Fsp3) is 0.833. The Balaban J connectivity index is -0.000000242. The Labute approximate surface area is 212 Å². The summed E-state index contributed by atoms with van der Waals surface area (Å²) in [5.74, 6) is -2.28. The first kappa shape index (κ1) is 39.9. The van der Waals surface area contributed by atoms with Gasteiger partial charge in [-0.05, 0) is 63.4 Å². The number of carbonyl (C=O) groups excluding carboxylic acids is 4. The summed E-state index contributed by atoms with van der Waals surface area (Å²) in [7, 11) is 0. The Morgan fingerprint density at radius 3 is 1.00 bits per heavy atom. The molecule has 0 aromatic rings. The van der Waals surface area contributed by atoms with Crippen LogP contribution in [0, 0.1) is 0 Å². The number of rotatable bonds is 11. The maximum absolute atomic E-state index is 11.2. The van der Waals surface area contributed by atoms with Crippen LogP contribution in [0.4, 0.5) is 0 Å². The number of carbonyl (C=O) groups is 4. The third-order valence-electron chi connectivity index (χ3n) is 3.90. The first-order valence-electron chi connectivity index (χ1n) is 12.3. The fourth-order valence-corrected chi connectivity index (χ4v) is 2.20. The summed E-state index contributed by atoms with van der Waals surface area (Å²) < 4.78 is 9.06. The van der Waals surface area contributed by atoms with Crippen molar-refractivity contribution in [1.29, 1.82) is 0 Å². The van der Waals surface area contributed by atoms with Crippen LogP contribution in [-0.4, -0.2) is 72.7 Å². The molecule has 34 heavy (non-hydrogen) atoms. The molecule has 0 aromatic heterocycles. The standard InChI is InChI=1S/2C6H9O3.3C4H10O.Al.H/c2*1-3-4-6(8)9-5(2)7;3*1-3-4(2)5;;/h2*2-4H2,1H3;3*4-5H,3H2,1-2H3;;. The van der Waals surface area contributed by atoms with Gasteiger partial charge in [-0.25, -0.2) is 0 Å². The predicted molar refractivity (Wildman–Crippen MR) is 135 cm³/mol. The van der Waals surface area contributed by atoms with E-state index in [1.165, 1.54) is 0 Å². The van der Waals surface area contributed by atoms with Gasteiger partial charge < -0.3 is 24.8 Å². The van der Waals surface area contributed by atoms with Crippen LogP contribution in [0.5, 0.6) is 0 Å². The second-order valence-electron chi connectivity index (χ2n) is 7.82. The highest BCUT2D eigenvalue weighted by Gasteiger charge is 2.14. The van der Waals surface area contributed by atoms with Crippen molar-refractivity contribution in [3.63, 3.8) is 0 Å². The molecule has 0 spiro atoms. The number of ether oxygens (including phenoxy) is 2. The maximum atomic E-state index is 11.2. The third-order valence-corrected chi connectivity index (χ3v) is 5.42. The van der Waals surface area contributed by atoms with Crippen LogP contribution in [0.2, 0.25) is 10.6 Å². The minimum atomic E-state index is -1.05. The molecule has 0 radical (unpaired) electrons. The topological polar surface area (TPSA) is 147 Å². The van der Waals surface area contributed by atoms with Crippen molar-refractivity contribution in [3.05, 3.63) is 0 Å². The van der Waals surface area contributed by atoms with E-state index < -0.39 is 39.1 Å². The van der Waals surface area contributed by atoms with E-state index in [2.05, 4.69) is 9.47 Å². The molecule has 0 rings (SSSR count). The van der Waals surface area contributed by atoms with Crippen LogP contribution >= 0.6 is 0 Å². The van der Waals surface area contributed by atoms with E-state index in [1.54, 1.807) is 20.8 Å². The predicted octanol–water partition coefficient (Wildman–Crippen LogP) is 3.33. The fourth-order valence-electron chi connectivity index (χ4n) is 1.24. The lowest BCUT2D eigenvalue weighted by Gasteiger charge is -2.02. The summed E-state index contributed by atoms with van der Waals surface area (Å²) in [6, 6.07) is 0. The third kappa shape index (κ3) is 44.4. The van der Waals surface area contributed by atoms with Crippen LogP contribution in [-0.2, 0) is 28.7 Å². The van der Waals surface area contributed by atoms with E-state index in [0.29, 0.717) is 12.8 Å². The Hall–Kier alpha value is -1.31. The molecule has 0 fully saturated rings. The van der Waals surface area contributed by atoms with Crippen molar-refractivity contribution in [2.24, 2.45) is 0 Å². The molecule has 9 nitrogen and oxygen atoms in total. The van der Waals surface area contributed by atoms with E-state index in [1.807, 2.05) is 34.6 Å². The van der Waals surface area contributed by atoms with Gasteiger partial charge in [-0.2, -0.15) is 0 Å². The van der Waals surface area contributed by atoms with Crippen molar-refractivity contribution in [2.75, 3.05) is 0 Å². The molecule has 0 aliphatic carbocycles. The van der Waals surface area contributed by atoms with E-state index in [4.69, 9.17) is 15.3 Å². The minimum Gasteiger partial charge on any atom is -0.394 e. The number of esters is 4. The Kier molecular flexibility index (Phi) is 34.9. The van der Waals surface area contributed by atoms with E-state index >= 15 is 0 Å². The molecule has 202 valence electrons. The maximum Gasteiger partial charge on any atom is 0.313 e. The van der Waals surface area contributed by atoms with Crippen molar-refractivity contribution in [3.8, 4) is 0 Å². The monoisotopic (exact) mass is 508 g/mol. The molecular weight excluding hydrogens is 459 g/mol. The van der Waals surface area contributed by atoms with E-state index in [-0.39, 0.29) is 41.7 Å². The van der Waals surface area contributed by atoms with Crippen molar-refractivity contribution >= 4 is 39.1 Å². The van der Waals surface area contributed by atoms with Crippen LogP contribution in [0.15, 0.2) is 0 Å². The molecule has 0 bridgehead atoms. The van der Waals surface area contributed by atoms with Crippen molar-refractivity contribution < 1.29 is 44.0 Å². The first-order chi connectivity index (χ1) is 15.8. The highest BCUT2D eigenvalue weighted by molar-refractivity contribution is 6.45. The zero-order valence-electron chi connectivity index (χ0n) is 22.6. The quantitative estimate of drug-likeness (QED) is 0.217. The van der Waals surface area contributed by atoms with Gasteiger partial charge in [-0.15, -0.1) is 0 Å². The molecule has 0 saturated carbocycles. The average Bonchev–Trinajstić information content (AvgIpc) is 2.75. The lowest BCUT2D eigenvalue weighted by molar-refractivity contribution is -0.159. The molecule has 0 amide bonds. The highest BCUT2D eigenvalue weighted by Crippen LogP contribution is 1.99. The van der Waals surface area contributed by atoms with Crippen molar-refractivity contribution in [1.82, 2.24) is 0 Å². The Bertz CT molecular complexity index is 456. The normalized spacial score (nSPS) is 12.0. The molecule has 0 saturated heterocycles. The molecule has 3 unspecified atom stereocenters. The van der Waals surface area contributed by atoms with Gasteiger partial charge in [0.05, 0.1) is 18.3 Å². The molecule has 3 atom stereocenters. The summed E-state index contributed by atoms with van der Waals surface area (Å²) in [6.45, 7) is 14.8. The molecule has 0 heterocycles. The lowest BCUT2D eigenvalue weighted by atomic mass is 10.3. The minimum absolute atomic E-state index is 0.0898. The van der Waals surface area contributed by atoms with Gasteiger partial charge in [-0.1, -0.05) is 34.6 Å². The number of hydrogen-bond donors (Lipinski definition) is 3. The average molecular weight is 509 g/mol. The largest absolute Gasteiger partial charge is 0.394 e. The second kappa shape index (κ2) is 29.7. The zero-order chi connectivity index (χ0) is 27.5. The zero-order valence-corrected chi connectivity index (χ0v) is 24.0. The first-order valence-corrected chi connectivity index (χ1v) is 14.3. The SMILES string of the molecule is CCC(C)O.CCC(C)O.CCC(C)O.CCCC(=O)OC(=O)[CH2][AlH][CH2]C(=O)OC(=O)CCC. The summed E-state index contributed by atoms with van der Waals surface area (Å²) in [5.41, 5.74) is 0. The Morgan fingerprint density at radius 2 is 0.824 bits per heavy atom. The van der Waals surface area contributed by atoms with E-state index in [0.717, 1.165) is 19.3 Å². The van der Waals surface area contributed by atoms with Gasteiger partial charge in [-0.3, -0.25) is 19.2 Å². The summed E-state index contributed by atoms with van der Waals surface area (Å²) >= 11 is -1.05. The van der Waals surface area contributed by atoms with Gasteiger partial charge in [0.25, 0.3) is 27.2 Å². The van der Waals surface area contributed by atoms with Gasteiger partial charge in [0.1, 0.15) is 0 Å². The summed E-state index contributed by atoms with van der Waals surface area (Å²) in [4.78, 5) is 44.4. The number of hydrogen-bond acceptors (Lipinski definition) is 9. The van der Waals surface area contributed by atoms with Crippen LogP contribution in [0.25, 0.3) is 0 Å². The van der Waals surface area contributed by atoms with Gasteiger partial charge >= 0.3 is 11.9 Å². The molecule has 10 heteroatoms. The second-order valence-corrected chi connectivity index (χ2v) is 9.52. The molecule has 3 N–H and O–H groups in total. The van der Waals surface area contributed by atoms with Crippen molar-refractivity contribution in [2.45, 2.75) is 129 Å². The molecule has 0 aliphatic rings. The number of aliphatic hydroxyl groups is 3. The summed E-state index contributed by atoms with van der Waals surface area (Å²) in [5, 5.41) is 25.3. The smallest absolute Gasteiger partial charge is 0.313 e. The highest BCUT2D eigenvalue weighted by atomic mass is 27.1. The number of aliphatic hydroxyl groups excluding tert-OH is 3. The van der Waals surface area contributed by atoms with Gasteiger partial charge in [0, 0.05) is 12.8 Å². The Morgan fingerprint density at radius 1 is 0.588 bits per heavy atom. The van der Waals surface area contributed by atoms with E-state index in [9.17, 15) is 19.2 Å². The molecule has 0 aliphatic heterocycles. The lowest BCUT2D eigenvalue weighted by Crippen LogP contribution is -2.17. The van der Waals surface area contributed by atoms with Crippen LogP contribution in [0.3, 0.4) is 0 Å². The summed E-state index contributed by atoms with van der Waals surface area (Å²) in [6.07, 6.45) is 3.90. The molecular formula is C24H49AlO9. The molecule has 0 aromatic carbocycles. The van der Waals surface area contributed by atoms with Gasteiger partial charge in [0.2, 0.25) is 0 Å².